The van der Waals surface area contributed by atoms with Gasteiger partial charge in [-0.1, -0.05) is 105 Å². The van der Waals surface area contributed by atoms with E-state index >= 15 is 0 Å². The molecule has 0 radical (unpaired) electrons. The molecule has 2 heterocycles. The third-order valence-electron chi connectivity index (χ3n) is 10.0. The number of carbonyl (C=O) groups excluding carboxylic acids is 3. The molecule has 0 bridgehead atoms. The van der Waals surface area contributed by atoms with E-state index in [1.807, 2.05) is 86.3 Å². The Morgan fingerprint density at radius 3 is 2.00 bits per heavy atom. The van der Waals surface area contributed by atoms with Gasteiger partial charge in [0.25, 0.3) is 0 Å². The average Bonchev–Trinajstić information content (AvgIpc) is 3.83. The second-order valence-corrected chi connectivity index (χ2v) is 21.6. The van der Waals surface area contributed by atoms with Gasteiger partial charge in [0.2, 0.25) is 5.91 Å². The fourth-order valence-electron chi connectivity index (χ4n) is 6.88. The maximum Gasteiger partial charge on any atom is 0.407 e. The smallest absolute Gasteiger partial charge is 0.383 e. The second-order valence-electron chi connectivity index (χ2n) is 15.5. The first-order chi connectivity index (χ1) is 30.0. The maximum absolute atomic E-state index is 12.9. The lowest BCUT2D eigenvalue weighted by Gasteiger charge is -2.39. The molecule has 3 N–H and O–H groups in total. The number of thioether (sulfide) groups is 1. The van der Waals surface area contributed by atoms with Crippen LogP contribution in [0.3, 0.4) is 0 Å². The van der Waals surface area contributed by atoms with Crippen LogP contribution in [0.15, 0.2) is 69.6 Å². The lowest BCUT2D eigenvalue weighted by atomic mass is 10.0. The predicted molar refractivity (Wildman–Crippen MR) is 253 cm³/mol. The van der Waals surface area contributed by atoms with E-state index in [2.05, 4.69) is 53.7 Å². The minimum atomic E-state index is -3.36. The lowest BCUT2D eigenvalue weighted by Crippen LogP contribution is -2.67. The maximum atomic E-state index is 12.9. The van der Waals surface area contributed by atoms with Crippen LogP contribution in [0, 0.1) is 12.3 Å². The van der Waals surface area contributed by atoms with Gasteiger partial charge in [0.05, 0.1) is 77.1 Å². The highest BCUT2D eigenvalue weighted by Gasteiger charge is 2.47. The number of terminal acetylenes is 1. The van der Waals surface area contributed by atoms with E-state index in [4.69, 9.17) is 39.0 Å². The number of ketones is 1. The summed E-state index contributed by atoms with van der Waals surface area (Å²) in [5.74, 6) is 3.55. The molecule has 2 fully saturated rings. The zero-order chi connectivity index (χ0) is 44.5. The monoisotopic (exact) mass is 1020 g/mol. The van der Waals surface area contributed by atoms with Crippen molar-refractivity contribution in [1.82, 2.24) is 16.0 Å². The number of fused-ring (bicyclic) bond motifs is 1. The van der Waals surface area contributed by atoms with Crippen molar-refractivity contribution in [2.75, 3.05) is 85.0 Å². The molecule has 2 aliphatic rings. The first-order valence-corrected chi connectivity index (χ1v) is 25.8. The van der Waals surface area contributed by atoms with Crippen LogP contribution in [-0.4, -0.2) is 134 Å². The number of nitrogens with one attached hydrogen (secondary N) is 3. The van der Waals surface area contributed by atoms with Crippen LogP contribution in [0.4, 0.5) is 4.79 Å². The van der Waals surface area contributed by atoms with E-state index in [0.717, 1.165) is 44.4 Å². The average molecular weight is 1030 g/mol. The summed E-state index contributed by atoms with van der Waals surface area (Å²) in [6.45, 7) is 8.14. The summed E-state index contributed by atoms with van der Waals surface area (Å²) in [5, 5.41) is 11.3. The summed E-state index contributed by atoms with van der Waals surface area (Å²) in [5.41, 5.74) is -0.809. The topological polar surface area (TPSA) is 152 Å². The van der Waals surface area contributed by atoms with E-state index in [1.165, 1.54) is 0 Å². The largest absolute Gasteiger partial charge is 0.407 e. The molecule has 0 spiro atoms. The Morgan fingerprint density at radius 2 is 1.37 bits per heavy atom. The Kier molecular flexibility index (Phi) is 24.4. The molecule has 2 aliphatic heterocycles. The number of benzene rings is 2. The predicted octanol–water partition coefficient (Wildman–Crippen LogP) is 5.35. The number of amides is 3. The Hall–Kier alpha value is -2.60. The van der Waals surface area contributed by atoms with Crippen LogP contribution in [0.5, 0.6) is 0 Å². The molecular weight excluding hydrogens is 962 g/mol. The fourth-order valence-corrected chi connectivity index (χ4v) is 12.6. The molecule has 17 heteroatoms. The van der Waals surface area contributed by atoms with Crippen molar-refractivity contribution in [2.24, 2.45) is 0 Å². The van der Waals surface area contributed by atoms with Crippen LogP contribution in [-0.2, 0) is 42.1 Å². The molecule has 2 aromatic rings. The van der Waals surface area contributed by atoms with Gasteiger partial charge in [0, 0.05) is 52.4 Å². The molecular formula is C45H63Br2N3O10SSi. The number of ether oxygens (including phenoxy) is 5. The highest BCUT2D eigenvalue weighted by molar-refractivity contribution is 9.14. The minimum Gasteiger partial charge on any atom is -0.383 e. The number of urea groups is 1. The van der Waals surface area contributed by atoms with E-state index in [1.54, 1.807) is 0 Å². The molecule has 13 nitrogen and oxygen atoms in total. The number of rotatable bonds is 33. The quantitative estimate of drug-likeness (QED) is 0.0368. The highest BCUT2D eigenvalue weighted by Crippen LogP contribution is 2.33. The molecule has 0 aliphatic carbocycles. The zero-order valence-electron chi connectivity index (χ0n) is 36.0. The zero-order valence-corrected chi connectivity index (χ0v) is 41.0. The number of carbonyl (C=O) groups is 3. The van der Waals surface area contributed by atoms with E-state index < -0.39 is 14.2 Å². The molecule has 4 rings (SSSR count). The normalized spacial score (nSPS) is 17.8. The lowest BCUT2D eigenvalue weighted by molar-refractivity contribution is -0.123. The van der Waals surface area contributed by atoms with Gasteiger partial charge >= 0.3 is 14.6 Å². The van der Waals surface area contributed by atoms with Crippen molar-refractivity contribution in [1.29, 1.82) is 0 Å². The first-order valence-electron chi connectivity index (χ1n) is 21.3. The fraction of sp³-hybridized carbons (Fsp3) is 0.578. The molecule has 0 saturated carbocycles. The van der Waals surface area contributed by atoms with Crippen molar-refractivity contribution in [3.63, 3.8) is 0 Å². The van der Waals surface area contributed by atoms with Crippen molar-refractivity contribution >= 4 is 80.3 Å². The third-order valence-corrected chi connectivity index (χ3v) is 17.0. The van der Waals surface area contributed by atoms with Gasteiger partial charge in [-0.2, -0.15) is 11.8 Å². The third kappa shape index (κ3) is 18.9. The molecule has 3 amide bonds. The standard InChI is InChI=1S/C45H63Br2N3O10SSi/c1-4-22-58-31-38(46)39(47)32-59-62(36-16-7-5-8-17-36,37-18-9-6-10-19-37)60-45(2,3)34-48-42(52)21-24-55-26-28-57-30-29-56-27-25-54-23-13-15-35(51)14-11-12-20-41-43-40(33-61-41)49-44(53)50-43/h1,5-10,16-19,40-41,43H,11-15,20-34H2,2-3H3,(H,48,52)(H2,49,50,53)/b39-38+/t40-,41-,43-/m0/s1. The minimum absolute atomic E-state index is 0.0595. The van der Waals surface area contributed by atoms with E-state index in [0.29, 0.717) is 77.4 Å². The molecule has 3 atom stereocenters. The van der Waals surface area contributed by atoms with E-state index in [-0.39, 0.29) is 62.6 Å². The van der Waals surface area contributed by atoms with Crippen molar-refractivity contribution in [3.05, 3.63) is 69.6 Å². The van der Waals surface area contributed by atoms with Crippen LogP contribution < -0.4 is 26.3 Å². The number of halogens is 2. The van der Waals surface area contributed by atoms with Crippen LogP contribution in [0.2, 0.25) is 0 Å². The van der Waals surface area contributed by atoms with Crippen LogP contribution in [0.25, 0.3) is 0 Å². The van der Waals surface area contributed by atoms with Gasteiger partial charge in [-0.3, -0.25) is 9.59 Å². The highest BCUT2D eigenvalue weighted by atomic mass is 79.9. The number of hydrogen-bond acceptors (Lipinski definition) is 11. The van der Waals surface area contributed by atoms with Gasteiger partial charge in [-0.25, -0.2) is 4.79 Å². The Balaban J connectivity index is 1.03. The summed E-state index contributed by atoms with van der Waals surface area (Å²) < 4.78 is 43.3. The number of hydrogen-bond donors (Lipinski definition) is 3. The number of Topliss-reactive ketones (excluding diaryl/α,β-unsaturated/α-hetero) is 1. The summed E-state index contributed by atoms with van der Waals surface area (Å²) in [6, 6.07) is 20.2. The van der Waals surface area contributed by atoms with Crippen molar-refractivity contribution < 1.29 is 46.9 Å². The molecule has 62 heavy (non-hydrogen) atoms. The SMILES string of the molecule is C#CCOC/C(Br)=C(\Br)CO[Si](OC(C)(C)CNC(=O)CCOCCOCCOCCOCCCC(=O)CCCC[C@@H]1SC[C@@H]2NC(=O)N[C@@H]21)(c1ccccc1)c1ccccc1. The molecule has 2 saturated heterocycles. The molecule has 342 valence electrons. The summed E-state index contributed by atoms with van der Waals surface area (Å²) >= 11 is 9.14. The van der Waals surface area contributed by atoms with Gasteiger partial charge in [-0.05, 0) is 43.5 Å². The first kappa shape index (κ1) is 52.0. The summed E-state index contributed by atoms with van der Waals surface area (Å²) in [4.78, 5) is 36.6. The summed E-state index contributed by atoms with van der Waals surface area (Å²) in [6.07, 6.45) is 10.3. The van der Waals surface area contributed by atoms with Crippen molar-refractivity contribution in [3.8, 4) is 12.3 Å². The Labute approximate surface area is 389 Å². The van der Waals surface area contributed by atoms with E-state index in [9.17, 15) is 14.4 Å². The van der Waals surface area contributed by atoms with Crippen molar-refractivity contribution in [2.45, 2.75) is 81.7 Å². The van der Waals surface area contributed by atoms with Crippen LogP contribution >= 0.6 is 43.6 Å². The van der Waals surface area contributed by atoms with Gasteiger partial charge < -0.3 is 48.5 Å². The van der Waals surface area contributed by atoms with Gasteiger partial charge in [0.15, 0.2) is 0 Å². The summed E-state index contributed by atoms with van der Waals surface area (Å²) in [7, 11) is -3.36. The molecule has 2 aromatic carbocycles. The van der Waals surface area contributed by atoms with Crippen LogP contribution in [0.1, 0.15) is 58.8 Å². The second kappa shape index (κ2) is 29.0. The molecule has 0 unspecified atom stereocenters. The van der Waals surface area contributed by atoms with Gasteiger partial charge in [0.1, 0.15) is 12.4 Å². The molecule has 0 aromatic heterocycles. The van der Waals surface area contributed by atoms with Gasteiger partial charge in [-0.15, -0.1) is 6.42 Å². The Bertz CT molecular complexity index is 1680. The Morgan fingerprint density at radius 1 is 0.790 bits per heavy atom. The number of unbranched alkanes of at least 4 members (excludes halogenated alkanes) is 1.